The van der Waals surface area contributed by atoms with E-state index in [9.17, 15) is 18.0 Å². The van der Waals surface area contributed by atoms with Crippen LogP contribution in [0.25, 0.3) is 0 Å². The summed E-state index contributed by atoms with van der Waals surface area (Å²) in [5, 5.41) is 17.3. The van der Waals surface area contributed by atoms with E-state index in [1.807, 2.05) is 0 Å². The Morgan fingerprint density at radius 1 is 1.00 bits per heavy atom. The maximum absolute atomic E-state index is 10.7. The van der Waals surface area contributed by atoms with Crippen molar-refractivity contribution in [1.82, 2.24) is 0 Å². The molecule has 0 aliphatic rings. The third-order valence-corrected chi connectivity index (χ3v) is 2.60. The van der Waals surface area contributed by atoms with Gasteiger partial charge in [-0.25, -0.2) is 9.59 Å². The topological polar surface area (TPSA) is 129 Å². The summed E-state index contributed by atoms with van der Waals surface area (Å²) >= 11 is 0. The molecule has 0 aromatic heterocycles. The second kappa shape index (κ2) is 7.61. The first kappa shape index (κ1) is 20.4. The summed E-state index contributed by atoms with van der Waals surface area (Å²) in [6.07, 6.45) is 0. The van der Waals surface area contributed by atoms with Crippen molar-refractivity contribution in [1.29, 1.82) is 0 Å². The van der Waals surface area contributed by atoms with E-state index in [2.05, 4.69) is 0 Å². The molecule has 0 radical (unpaired) electrons. The second-order valence-corrected chi connectivity index (χ2v) is 4.21. The van der Waals surface area contributed by atoms with Crippen molar-refractivity contribution in [2.24, 2.45) is 0 Å². The molecule has 0 saturated heterocycles. The van der Waals surface area contributed by atoms with Crippen LogP contribution in [0.3, 0.4) is 0 Å². The molecule has 0 fully saturated rings. The molecule has 0 spiro atoms. The summed E-state index contributed by atoms with van der Waals surface area (Å²) in [6.45, 7) is 0. The summed E-state index contributed by atoms with van der Waals surface area (Å²) in [4.78, 5) is 20.6. The number of rotatable bonds is 3. The quantitative estimate of drug-likeness (QED) is 0.375. The molecule has 1 aromatic rings. The molecule has 7 nitrogen and oxygen atoms in total. The Morgan fingerprint density at radius 3 is 1.78 bits per heavy atom. The van der Waals surface area contributed by atoms with Gasteiger partial charge >= 0.3 is 71.1 Å². The number of aromatic carboxylic acids is 2. The van der Waals surface area contributed by atoms with Gasteiger partial charge in [0, 0.05) is 0 Å². The summed E-state index contributed by atoms with van der Waals surface area (Å²) in [6, 6.07) is 2.20. The van der Waals surface area contributed by atoms with Crippen LogP contribution in [0.2, 0.25) is 0 Å². The largest absolute Gasteiger partial charge is 1.00 e. The second-order valence-electron chi connectivity index (χ2n) is 2.79. The number of carboxylic acids is 2. The van der Waals surface area contributed by atoms with Crippen molar-refractivity contribution in [3.63, 3.8) is 0 Å². The Morgan fingerprint density at radius 2 is 1.44 bits per heavy atom. The zero-order valence-electron chi connectivity index (χ0n) is 11.6. The molecule has 0 atom stereocenters. The van der Waals surface area contributed by atoms with Crippen LogP contribution in [-0.2, 0) is 10.1 Å². The van der Waals surface area contributed by atoms with Gasteiger partial charge in [0.05, 0.1) is 16.0 Å². The smallest absolute Gasteiger partial charge is 1.00 e. The van der Waals surface area contributed by atoms with Gasteiger partial charge in [-0.2, -0.15) is 8.42 Å². The van der Waals surface area contributed by atoms with Crippen LogP contribution >= 0.6 is 0 Å². The number of hydrogen-bond acceptors (Lipinski definition) is 4. The number of carbonyl (C=O) groups is 2. The Balaban J connectivity index is -0.000000320. The minimum Gasteiger partial charge on any atom is -1.00 e. The Labute approximate surface area is 149 Å². The van der Waals surface area contributed by atoms with Gasteiger partial charge in [0.2, 0.25) is 0 Å². The maximum atomic E-state index is 10.7. The third-order valence-electron chi connectivity index (χ3n) is 1.75. The number of carboxylic acid groups (broad SMARTS) is 2. The van der Waals surface area contributed by atoms with Crippen LogP contribution in [0.4, 0.5) is 0 Å². The van der Waals surface area contributed by atoms with Gasteiger partial charge in [-0.3, -0.25) is 4.55 Å². The van der Waals surface area contributed by atoms with Gasteiger partial charge in [-0.05, 0) is 18.2 Å². The van der Waals surface area contributed by atoms with Gasteiger partial charge in [0.25, 0.3) is 10.1 Å². The van der Waals surface area contributed by atoms with Crippen LogP contribution < -0.4 is 59.1 Å². The predicted octanol–water partition coefficient (Wildman–Crippen LogP) is -5.44. The fraction of sp³-hybridized carbons (Fsp3) is 0. The van der Waals surface area contributed by atoms with Crippen LogP contribution in [0.15, 0.2) is 23.1 Å². The van der Waals surface area contributed by atoms with Crippen LogP contribution in [0.5, 0.6) is 0 Å². The molecule has 0 bridgehead atoms. The summed E-state index contributed by atoms with van der Waals surface area (Å²) < 4.78 is 30.1. The summed E-state index contributed by atoms with van der Waals surface area (Å²) in [5.41, 5.74) is -1.26. The first-order valence-electron chi connectivity index (χ1n) is 3.81. The maximum Gasteiger partial charge on any atom is 1.00 e. The normalized spacial score (nSPS) is 9.83. The first-order valence-corrected chi connectivity index (χ1v) is 5.25. The van der Waals surface area contributed by atoms with Crippen LogP contribution in [-0.4, -0.2) is 35.1 Å². The molecule has 0 amide bonds. The van der Waals surface area contributed by atoms with Crippen molar-refractivity contribution in [3.05, 3.63) is 29.3 Å². The van der Waals surface area contributed by atoms with Crippen molar-refractivity contribution < 1.29 is 94.7 Å². The van der Waals surface area contributed by atoms with Crippen LogP contribution in [0, 0.1) is 0 Å². The van der Waals surface area contributed by atoms with E-state index < -0.39 is 38.1 Å². The van der Waals surface area contributed by atoms with Crippen LogP contribution in [0.1, 0.15) is 23.6 Å². The first-order chi connectivity index (χ1) is 7.23. The monoisotopic (exact) mass is 294 g/mol. The van der Waals surface area contributed by atoms with Gasteiger partial charge in [-0.15, -0.1) is 0 Å². The molecule has 0 aliphatic carbocycles. The van der Waals surface area contributed by atoms with Gasteiger partial charge in [-0.1, -0.05) is 0 Å². The average Bonchev–Trinajstić information content (AvgIpc) is 2.15. The zero-order chi connectivity index (χ0) is 12.5. The van der Waals surface area contributed by atoms with E-state index in [-0.39, 0.29) is 62.0 Å². The number of hydrogen-bond donors (Lipinski definition) is 3. The molecule has 3 N–H and O–H groups in total. The molecule has 0 aliphatic heterocycles. The molecule has 1 aromatic carbocycles. The molecular weight excluding hydrogens is 286 g/mol. The minimum atomic E-state index is -4.56. The molecule has 18 heavy (non-hydrogen) atoms. The van der Waals surface area contributed by atoms with Crippen molar-refractivity contribution in [2.45, 2.75) is 4.90 Å². The van der Waals surface area contributed by atoms with Gasteiger partial charge in [0.15, 0.2) is 0 Å². The third kappa shape index (κ3) is 4.98. The van der Waals surface area contributed by atoms with Gasteiger partial charge < -0.3 is 13.1 Å². The Hall–Kier alpha value is 0.0700. The predicted molar refractivity (Wildman–Crippen MR) is 52.4 cm³/mol. The standard InChI is InChI=1S/C8H6O7S.2Na.2H/c9-7(10)5-2-1-4(16(13,14)15)3-6(5)8(11)12;;;;/h1-3H,(H,9,10)(H,11,12)(H,13,14,15);;;;/q;2*+1;2*-1. The van der Waals surface area contributed by atoms with Gasteiger partial charge in [0.1, 0.15) is 0 Å². The van der Waals surface area contributed by atoms with E-state index >= 15 is 0 Å². The van der Waals surface area contributed by atoms with Crippen molar-refractivity contribution in [3.8, 4) is 0 Å². The molecular formula is C8H8Na2O7S. The zero-order valence-corrected chi connectivity index (χ0v) is 14.4. The van der Waals surface area contributed by atoms with Crippen molar-refractivity contribution in [2.75, 3.05) is 0 Å². The Bertz CT molecular complexity index is 576. The fourth-order valence-electron chi connectivity index (χ4n) is 1.05. The molecule has 0 saturated carbocycles. The van der Waals surface area contributed by atoms with E-state index in [1.54, 1.807) is 0 Å². The van der Waals surface area contributed by atoms with E-state index in [4.69, 9.17) is 14.8 Å². The molecule has 1 rings (SSSR count). The fourth-order valence-corrected chi connectivity index (χ4v) is 1.55. The van der Waals surface area contributed by atoms with E-state index in [1.165, 1.54) is 0 Å². The Kier molecular flexibility index (Phi) is 8.62. The summed E-state index contributed by atoms with van der Waals surface area (Å²) in [5.74, 6) is -3.10. The van der Waals surface area contributed by atoms with E-state index in [0.29, 0.717) is 6.07 Å². The van der Waals surface area contributed by atoms with Crippen molar-refractivity contribution >= 4 is 22.1 Å². The minimum absolute atomic E-state index is 0. The molecule has 0 unspecified atom stereocenters. The molecule has 0 heterocycles. The SMILES string of the molecule is O=C(O)c1ccc(S(=O)(=O)O)cc1C(=O)O.[H-].[H-].[Na+].[Na+]. The number of benzene rings is 1. The molecule has 90 valence electrons. The molecule has 10 heteroatoms. The average molecular weight is 294 g/mol. The summed E-state index contributed by atoms with van der Waals surface area (Å²) in [7, 11) is -4.56. The van der Waals surface area contributed by atoms with E-state index in [0.717, 1.165) is 12.1 Å².